The smallest absolute Gasteiger partial charge is 0.223 e. The minimum Gasteiger partial charge on any atom is -0.355 e. The molecular formula is C34H64N2O2. The summed E-state index contributed by atoms with van der Waals surface area (Å²) < 4.78 is 0. The van der Waals surface area contributed by atoms with Gasteiger partial charge in [-0.2, -0.15) is 0 Å². The molecular weight excluding hydrogens is 468 g/mol. The maximum atomic E-state index is 12.9. The molecule has 0 aromatic carbocycles. The van der Waals surface area contributed by atoms with Gasteiger partial charge in [-0.15, -0.1) is 0 Å². The molecule has 0 atom stereocenters. The van der Waals surface area contributed by atoms with E-state index in [1.165, 1.54) is 44.9 Å². The fraction of sp³-hybridized carbons (Fsp3) is 0.941. The third-order valence-corrected chi connectivity index (χ3v) is 9.19. The average molecular weight is 533 g/mol. The number of nitrogens with one attached hydrogen (secondary N) is 2. The molecule has 2 rings (SSSR count). The molecule has 0 aliphatic heterocycles. The van der Waals surface area contributed by atoms with Crippen LogP contribution in [0.4, 0.5) is 0 Å². The molecule has 2 aliphatic rings. The van der Waals surface area contributed by atoms with Gasteiger partial charge in [0.1, 0.15) is 0 Å². The van der Waals surface area contributed by atoms with E-state index in [4.69, 9.17) is 0 Å². The van der Waals surface area contributed by atoms with Crippen LogP contribution in [-0.2, 0) is 9.59 Å². The minimum atomic E-state index is 0.110. The molecule has 0 bridgehead atoms. The SMILES string of the molecule is CC(C)(C)CNC(=O)C1CCC(CC(C)(C)CCC(C)(C)CNC(=O)C2CCC(CC(C)(C)C)CC2)CC1. The number of carbonyl (C=O) groups is 2. The van der Waals surface area contributed by atoms with Crippen molar-refractivity contribution in [3.63, 3.8) is 0 Å². The molecule has 0 unspecified atom stereocenters. The van der Waals surface area contributed by atoms with Crippen molar-refractivity contribution in [3.05, 3.63) is 0 Å². The first-order chi connectivity index (χ1) is 17.3. The normalized spacial score (nSPS) is 25.6. The highest BCUT2D eigenvalue weighted by Gasteiger charge is 2.33. The van der Waals surface area contributed by atoms with Gasteiger partial charge in [0.25, 0.3) is 0 Å². The summed E-state index contributed by atoms with van der Waals surface area (Å²) in [5.74, 6) is 2.48. The van der Waals surface area contributed by atoms with Gasteiger partial charge in [0.05, 0.1) is 0 Å². The van der Waals surface area contributed by atoms with Crippen LogP contribution >= 0.6 is 0 Å². The van der Waals surface area contributed by atoms with Gasteiger partial charge in [0, 0.05) is 24.9 Å². The van der Waals surface area contributed by atoms with Crippen LogP contribution in [0.1, 0.15) is 146 Å². The van der Waals surface area contributed by atoms with Gasteiger partial charge in [-0.3, -0.25) is 9.59 Å². The van der Waals surface area contributed by atoms with Gasteiger partial charge in [0.2, 0.25) is 11.8 Å². The Labute approximate surface area is 236 Å². The van der Waals surface area contributed by atoms with Crippen molar-refractivity contribution in [1.29, 1.82) is 0 Å². The zero-order valence-corrected chi connectivity index (χ0v) is 27.0. The molecule has 0 aromatic rings. The van der Waals surface area contributed by atoms with Crippen molar-refractivity contribution >= 4 is 11.8 Å². The Hall–Kier alpha value is -1.06. The maximum absolute atomic E-state index is 12.9. The lowest BCUT2D eigenvalue weighted by Crippen LogP contribution is -2.39. The van der Waals surface area contributed by atoms with Gasteiger partial charge in [-0.1, -0.05) is 69.2 Å². The number of amides is 2. The highest BCUT2D eigenvalue weighted by atomic mass is 16.2. The summed E-state index contributed by atoms with van der Waals surface area (Å²) in [6.45, 7) is 24.5. The molecule has 0 spiro atoms. The van der Waals surface area contributed by atoms with E-state index in [1.54, 1.807) is 0 Å². The fourth-order valence-electron chi connectivity index (χ4n) is 6.74. The Morgan fingerprint density at radius 2 is 0.921 bits per heavy atom. The van der Waals surface area contributed by atoms with E-state index in [0.717, 1.165) is 57.0 Å². The van der Waals surface area contributed by atoms with Crippen LogP contribution < -0.4 is 10.6 Å². The highest BCUT2D eigenvalue weighted by Crippen LogP contribution is 2.41. The Morgan fingerprint density at radius 3 is 1.34 bits per heavy atom. The van der Waals surface area contributed by atoms with Crippen LogP contribution in [0.25, 0.3) is 0 Å². The molecule has 4 heteroatoms. The number of hydrogen-bond donors (Lipinski definition) is 2. The zero-order valence-electron chi connectivity index (χ0n) is 27.0. The molecule has 2 fully saturated rings. The predicted molar refractivity (Wildman–Crippen MR) is 162 cm³/mol. The first-order valence-corrected chi connectivity index (χ1v) is 15.9. The summed E-state index contributed by atoms with van der Waals surface area (Å²) in [5, 5.41) is 6.51. The molecule has 0 heterocycles. The zero-order chi connectivity index (χ0) is 28.8. The van der Waals surface area contributed by atoms with Crippen LogP contribution in [0.2, 0.25) is 0 Å². The third kappa shape index (κ3) is 12.9. The van der Waals surface area contributed by atoms with Crippen molar-refractivity contribution in [2.45, 2.75) is 146 Å². The van der Waals surface area contributed by atoms with Gasteiger partial charge in [-0.25, -0.2) is 0 Å². The fourth-order valence-corrected chi connectivity index (χ4v) is 6.74. The van der Waals surface area contributed by atoms with E-state index in [2.05, 4.69) is 79.9 Å². The highest BCUT2D eigenvalue weighted by molar-refractivity contribution is 5.79. The quantitative estimate of drug-likeness (QED) is 0.280. The van der Waals surface area contributed by atoms with Crippen LogP contribution in [0.5, 0.6) is 0 Å². The number of carbonyl (C=O) groups excluding carboxylic acids is 2. The molecule has 2 amide bonds. The first-order valence-electron chi connectivity index (χ1n) is 15.9. The topological polar surface area (TPSA) is 58.2 Å². The van der Waals surface area contributed by atoms with E-state index in [-0.39, 0.29) is 34.5 Å². The van der Waals surface area contributed by atoms with Crippen molar-refractivity contribution in [2.24, 2.45) is 45.3 Å². The van der Waals surface area contributed by atoms with Crippen LogP contribution in [0.15, 0.2) is 0 Å². The molecule has 0 radical (unpaired) electrons. The Balaban J connectivity index is 1.68. The molecule has 0 saturated heterocycles. The maximum Gasteiger partial charge on any atom is 0.223 e. The van der Waals surface area contributed by atoms with Gasteiger partial charge in [-0.05, 0) is 111 Å². The van der Waals surface area contributed by atoms with E-state index < -0.39 is 0 Å². The lowest BCUT2D eigenvalue weighted by atomic mass is 9.70. The van der Waals surface area contributed by atoms with Crippen LogP contribution in [0.3, 0.4) is 0 Å². The van der Waals surface area contributed by atoms with Crippen molar-refractivity contribution in [2.75, 3.05) is 13.1 Å². The Bertz CT molecular complexity index is 739. The molecule has 38 heavy (non-hydrogen) atoms. The third-order valence-electron chi connectivity index (χ3n) is 9.19. The summed E-state index contributed by atoms with van der Waals surface area (Å²) in [5.41, 5.74) is 0.927. The van der Waals surface area contributed by atoms with E-state index >= 15 is 0 Å². The number of rotatable bonds is 11. The minimum absolute atomic E-state index is 0.110. The van der Waals surface area contributed by atoms with Crippen molar-refractivity contribution < 1.29 is 9.59 Å². The van der Waals surface area contributed by atoms with Gasteiger partial charge < -0.3 is 10.6 Å². The lowest BCUT2D eigenvalue weighted by Gasteiger charge is -2.36. The number of hydrogen-bond acceptors (Lipinski definition) is 2. The van der Waals surface area contributed by atoms with Gasteiger partial charge >= 0.3 is 0 Å². The van der Waals surface area contributed by atoms with Crippen LogP contribution in [-0.4, -0.2) is 24.9 Å². The summed E-state index contributed by atoms with van der Waals surface area (Å²) in [7, 11) is 0. The molecule has 2 N–H and O–H groups in total. The second-order valence-corrected chi connectivity index (χ2v) is 17.2. The van der Waals surface area contributed by atoms with E-state index in [1.807, 2.05) is 0 Å². The Morgan fingerprint density at radius 1 is 0.526 bits per heavy atom. The largest absolute Gasteiger partial charge is 0.355 e. The lowest BCUT2D eigenvalue weighted by molar-refractivity contribution is -0.127. The van der Waals surface area contributed by atoms with Crippen LogP contribution in [0, 0.1) is 45.3 Å². The summed E-state index contributed by atoms with van der Waals surface area (Å²) in [6.07, 6.45) is 13.8. The van der Waals surface area contributed by atoms with Crippen molar-refractivity contribution in [1.82, 2.24) is 10.6 Å². The summed E-state index contributed by atoms with van der Waals surface area (Å²) >= 11 is 0. The van der Waals surface area contributed by atoms with E-state index in [0.29, 0.717) is 10.8 Å². The van der Waals surface area contributed by atoms with Crippen molar-refractivity contribution in [3.8, 4) is 0 Å². The molecule has 222 valence electrons. The Kier molecular flexibility index (Phi) is 11.8. The van der Waals surface area contributed by atoms with E-state index in [9.17, 15) is 9.59 Å². The molecule has 4 nitrogen and oxygen atoms in total. The second-order valence-electron chi connectivity index (χ2n) is 17.2. The standard InChI is InChI=1S/C34H64N2O2/c1-31(2,3)21-25-11-15-28(16-12-25)30(38)36-24-34(9,10)20-19-33(7,8)22-26-13-17-27(18-14-26)29(37)35-23-32(4,5)6/h25-28H,11-24H2,1-10H3,(H,35,37)(H,36,38). The summed E-state index contributed by atoms with van der Waals surface area (Å²) in [6, 6.07) is 0. The monoisotopic (exact) mass is 532 g/mol. The second kappa shape index (κ2) is 13.5. The molecule has 2 saturated carbocycles. The van der Waals surface area contributed by atoms with Gasteiger partial charge in [0.15, 0.2) is 0 Å². The first kappa shape index (κ1) is 33.1. The summed E-state index contributed by atoms with van der Waals surface area (Å²) in [4.78, 5) is 25.5. The molecule has 0 aromatic heterocycles. The average Bonchev–Trinajstić information content (AvgIpc) is 2.79. The molecule has 2 aliphatic carbocycles. The predicted octanol–water partition coefficient (Wildman–Crippen LogP) is 8.54.